The van der Waals surface area contributed by atoms with Crippen molar-refractivity contribution in [3.63, 3.8) is 0 Å². The lowest BCUT2D eigenvalue weighted by Crippen LogP contribution is -2.48. The van der Waals surface area contributed by atoms with E-state index in [2.05, 4.69) is 32.0 Å². The first-order valence-electron chi connectivity index (χ1n) is 13.6. The smallest absolute Gasteiger partial charge is 0.251 e. The number of hydrogen-bond donors (Lipinski definition) is 4. The summed E-state index contributed by atoms with van der Waals surface area (Å²) in [7, 11) is 3.11. The van der Waals surface area contributed by atoms with E-state index >= 15 is 0 Å². The number of carbonyl (C=O) groups is 2. The van der Waals surface area contributed by atoms with Crippen molar-refractivity contribution in [3.8, 4) is 28.8 Å². The van der Waals surface area contributed by atoms with Crippen LogP contribution >= 0.6 is 0 Å². The second kappa shape index (κ2) is 11.4. The lowest BCUT2D eigenvalue weighted by atomic mass is 9.83. The molecule has 0 spiro atoms. The maximum absolute atomic E-state index is 12.6. The van der Waals surface area contributed by atoms with E-state index in [0.717, 1.165) is 11.1 Å². The average Bonchev–Trinajstić information content (AvgIpc) is 3.40. The fraction of sp³-hybridized carbons (Fsp3) is 0.300. The molecule has 1 saturated carbocycles. The molecule has 0 radical (unpaired) electrons. The predicted octanol–water partition coefficient (Wildman–Crippen LogP) is 3.55. The van der Waals surface area contributed by atoms with Crippen LogP contribution in [0.2, 0.25) is 0 Å². The maximum Gasteiger partial charge on any atom is 0.251 e. The van der Waals surface area contributed by atoms with Gasteiger partial charge in [-0.05, 0) is 35.9 Å². The normalized spacial score (nSPS) is 17.8. The Bertz CT molecular complexity index is 1680. The monoisotopic (exact) mass is 567 g/mol. The number of rotatable bonds is 9. The van der Waals surface area contributed by atoms with Gasteiger partial charge in [-0.25, -0.2) is 0 Å². The molecule has 3 heterocycles. The molecule has 12 heteroatoms. The Morgan fingerprint density at radius 2 is 1.83 bits per heavy atom. The lowest BCUT2D eigenvalue weighted by molar-refractivity contribution is -0.00346. The highest BCUT2D eigenvalue weighted by Crippen LogP contribution is 2.39. The number of benzene rings is 2. The van der Waals surface area contributed by atoms with Gasteiger partial charge in [0.25, 0.3) is 11.8 Å². The Morgan fingerprint density at radius 1 is 1.07 bits per heavy atom. The number of ether oxygens (including phenoxy) is 3. The third-order valence-corrected chi connectivity index (χ3v) is 7.42. The molecule has 12 nitrogen and oxygen atoms in total. The second-order valence-corrected chi connectivity index (χ2v) is 10.2. The molecule has 4 N–H and O–H groups in total. The third kappa shape index (κ3) is 5.29. The molecule has 2 amide bonds. The minimum atomic E-state index is -0.208. The molecule has 0 bridgehead atoms. The van der Waals surface area contributed by atoms with Crippen LogP contribution in [0.4, 0.5) is 11.6 Å². The van der Waals surface area contributed by atoms with Gasteiger partial charge >= 0.3 is 0 Å². The van der Waals surface area contributed by atoms with Crippen molar-refractivity contribution in [2.24, 2.45) is 5.92 Å². The van der Waals surface area contributed by atoms with E-state index in [9.17, 15) is 14.9 Å². The third-order valence-electron chi connectivity index (χ3n) is 7.42. The Hall–Kier alpha value is -5.15. The van der Waals surface area contributed by atoms with E-state index < -0.39 is 0 Å². The van der Waals surface area contributed by atoms with E-state index in [-0.39, 0.29) is 35.8 Å². The van der Waals surface area contributed by atoms with Gasteiger partial charge in [0.2, 0.25) is 11.8 Å². The summed E-state index contributed by atoms with van der Waals surface area (Å²) >= 11 is 0. The van der Waals surface area contributed by atoms with Crippen LogP contribution in [0.3, 0.4) is 0 Å². The van der Waals surface area contributed by atoms with E-state index in [4.69, 9.17) is 19.2 Å². The Balaban J connectivity index is 1.32. The first-order chi connectivity index (χ1) is 20.4. The summed E-state index contributed by atoms with van der Waals surface area (Å²) in [5, 5.41) is 18.7. The zero-order chi connectivity index (χ0) is 29.2. The number of nitrogens with one attached hydrogen (secondary N) is 4. The van der Waals surface area contributed by atoms with Crippen LogP contribution in [-0.2, 0) is 4.74 Å². The number of fused-ring (bicyclic) bond motifs is 1. The second-order valence-electron chi connectivity index (χ2n) is 10.2. The summed E-state index contributed by atoms with van der Waals surface area (Å²) in [6.45, 7) is 1.01. The van der Waals surface area contributed by atoms with Crippen LogP contribution in [-0.4, -0.2) is 66.3 Å². The van der Waals surface area contributed by atoms with Crippen LogP contribution < -0.4 is 25.4 Å². The molecule has 2 aromatic carbocycles. The fourth-order valence-electron chi connectivity index (χ4n) is 4.88. The first-order valence-corrected chi connectivity index (χ1v) is 13.6. The zero-order valence-electron chi connectivity index (χ0n) is 23.1. The van der Waals surface area contributed by atoms with Crippen LogP contribution in [0, 0.1) is 17.2 Å². The lowest BCUT2D eigenvalue weighted by Gasteiger charge is -2.30. The van der Waals surface area contributed by atoms with Crippen molar-refractivity contribution >= 4 is 34.5 Å². The van der Waals surface area contributed by atoms with E-state index in [1.807, 2.05) is 18.3 Å². The molecular weight excluding hydrogens is 538 g/mol. The molecule has 2 aliphatic rings. The van der Waals surface area contributed by atoms with Gasteiger partial charge in [-0.3, -0.25) is 9.59 Å². The Kier molecular flexibility index (Phi) is 7.33. The molecule has 2 aromatic heterocycles. The zero-order valence-corrected chi connectivity index (χ0v) is 23.1. The Morgan fingerprint density at radius 3 is 2.50 bits per heavy atom. The standard InChI is InChI=1S/C30H29N7O5/c1-32-27(38)18-5-3-17(4-6-18)22-13-33-26-25(22)29(42-21-9-16(10-21)12-31)37-30(36-26)35-23-8-7-19(11-24(23)40-2)28(39)34-20-14-41-15-20/h3-8,11,13,16,20-21H,9-10,14-15H2,1-2H3,(H,32,38)(H,34,39)(H2,33,35,36,37). The van der Waals surface area contributed by atoms with Gasteiger partial charge in [-0.2, -0.15) is 15.2 Å². The number of anilines is 2. The quantitative estimate of drug-likeness (QED) is 0.237. The molecule has 4 aromatic rings. The largest absolute Gasteiger partial charge is 0.495 e. The number of carbonyl (C=O) groups excluding carboxylic acids is 2. The van der Waals surface area contributed by atoms with E-state index in [1.54, 1.807) is 37.4 Å². The van der Waals surface area contributed by atoms with Crippen molar-refractivity contribution in [1.29, 1.82) is 5.26 Å². The minimum Gasteiger partial charge on any atom is -0.495 e. The number of hydrogen-bond acceptors (Lipinski definition) is 9. The van der Waals surface area contributed by atoms with Gasteiger partial charge in [-0.1, -0.05) is 12.1 Å². The molecule has 1 aliphatic carbocycles. The number of methoxy groups -OCH3 is 1. The van der Waals surface area contributed by atoms with Gasteiger partial charge in [-0.15, -0.1) is 0 Å². The highest BCUT2D eigenvalue weighted by molar-refractivity contribution is 5.99. The van der Waals surface area contributed by atoms with Gasteiger partial charge in [0.05, 0.1) is 49.4 Å². The fourth-order valence-corrected chi connectivity index (χ4v) is 4.88. The first kappa shape index (κ1) is 27.0. The molecule has 0 unspecified atom stereocenters. The number of aromatic amines is 1. The molecule has 1 saturated heterocycles. The van der Waals surface area contributed by atoms with Gasteiger partial charge < -0.3 is 35.1 Å². The summed E-state index contributed by atoms with van der Waals surface area (Å²) < 4.78 is 17.0. The number of H-pyrrole nitrogens is 1. The molecule has 214 valence electrons. The minimum absolute atomic E-state index is 0.0124. The van der Waals surface area contributed by atoms with Gasteiger partial charge in [0.15, 0.2) is 0 Å². The molecule has 0 atom stereocenters. The van der Waals surface area contributed by atoms with Crippen LogP contribution in [0.5, 0.6) is 11.6 Å². The van der Waals surface area contributed by atoms with Gasteiger partial charge in [0.1, 0.15) is 17.5 Å². The van der Waals surface area contributed by atoms with Crippen LogP contribution in [0.15, 0.2) is 48.7 Å². The topological polar surface area (TPSA) is 163 Å². The average molecular weight is 568 g/mol. The summed E-state index contributed by atoms with van der Waals surface area (Å²) in [6, 6.07) is 14.6. The maximum atomic E-state index is 12.6. The number of amides is 2. The summed E-state index contributed by atoms with van der Waals surface area (Å²) in [5.41, 5.74) is 3.79. The van der Waals surface area contributed by atoms with Crippen molar-refractivity contribution in [2.45, 2.75) is 25.0 Å². The van der Waals surface area contributed by atoms with E-state index in [1.165, 1.54) is 7.11 Å². The summed E-state index contributed by atoms with van der Waals surface area (Å²) in [5.74, 6) is 0.660. The van der Waals surface area contributed by atoms with Crippen LogP contribution in [0.1, 0.15) is 33.6 Å². The Labute approximate surface area is 241 Å². The van der Waals surface area contributed by atoms with Crippen molar-refractivity contribution in [2.75, 3.05) is 32.7 Å². The van der Waals surface area contributed by atoms with Crippen molar-refractivity contribution in [3.05, 3.63) is 59.8 Å². The SMILES string of the molecule is CNC(=O)c1ccc(-c2c[nH]c3nc(Nc4ccc(C(=O)NC5COC5)cc4OC)nc(OC4CC(C#N)C4)c23)cc1. The summed E-state index contributed by atoms with van der Waals surface area (Å²) in [6.07, 6.45) is 2.92. The highest BCUT2D eigenvalue weighted by Gasteiger charge is 2.32. The number of nitrogens with zero attached hydrogens (tertiary/aromatic N) is 3. The van der Waals surface area contributed by atoms with Crippen LogP contribution in [0.25, 0.3) is 22.2 Å². The van der Waals surface area contributed by atoms with E-state index in [0.29, 0.717) is 65.5 Å². The predicted molar refractivity (Wildman–Crippen MR) is 154 cm³/mol. The van der Waals surface area contributed by atoms with Gasteiger partial charge in [0, 0.05) is 42.8 Å². The molecular formula is C30H29N7O5. The number of aromatic nitrogens is 3. The number of nitriles is 1. The molecule has 6 rings (SSSR count). The molecule has 1 aliphatic heterocycles. The highest BCUT2D eigenvalue weighted by atomic mass is 16.5. The molecule has 2 fully saturated rings. The van der Waals surface area contributed by atoms with Crippen molar-refractivity contribution in [1.82, 2.24) is 25.6 Å². The van der Waals surface area contributed by atoms with Crippen molar-refractivity contribution < 1.29 is 23.8 Å². The summed E-state index contributed by atoms with van der Waals surface area (Å²) in [4.78, 5) is 37.2. The molecule has 42 heavy (non-hydrogen) atoms.